The average molecular weight is 435 g/mol. The number of fused-ring (bicyclic) bond motifs is 4. The van der Waals surface area contributed by atoms with Gasteiger partial charge in [-0.3, -0.25) is 0 Å². The highest BCUT2D eigenvalue weighted by atomic mass is 28.4. The standard InChI is InChI=1S/C26H46O3Si/c1-7-19-13-21-15-24(19)26(17(21)5)25-18(6)23-16-22(25)14-20(23)11-12-30(27-8-2,28-9-3)29-10-4/h7,17-26H,1,8-16H2,2-6H3. The van der Waals surface area contributed by atoms with Crippen LogP contribution in [0.4, 0.5) is 0 Å². The summed E-state index contributed by atoms with van der Waals surface area (Å²) in [6.45, 7) is 17.6. The van der Waals surface area contributed by atoms with E-state index in [2.05, 4.69) is 47.3 Å². The lowest BCUT2D eigenvalue weighted by Crippen LogP contribution is -2.46. The van der Waals surface area contributed by atoms with E-state index in [1.807, 2.05) is 0 Å². The number of hydrogen-bond donors (Lipinski definition) is 0. The lowest BCUT2D eigenvalue weighted by Gasteiger charge is -2.44. The Bertz CT molecular complexity index is 576. The lowest BCUT2D eigenvalue weighted by atomic mass is 9.61. The maximum Gasteiger partial charge on any atom is 0.500 e. The van der Waals surface area contributed by atoms with Gasteiger partial charge in [0.1, 0.15) is 0 Å². The van der Waals surface area contributed by atoms with Crippen molar-refractivity contribution >= 4 is 8.80 Å². The molecule has 0 heterocycles. The van der Waals surface area contributed by atoms with Crippen molar-refractivity contribution in [1.82, 2.24) is 0 Å². The van der Waals surface area contributed by atoms with Gasteiger partial charge in [-0.15, -0.1) is 6.58 Å². The minimum absolute atomic E-state index is 0.689. The van der Waals surface area contributed by atoms with Crippen molar-refractivity contribution in [3.05, 3.63) is 12.7 Å². The molecule has 172 valence electrons. The molecule has 30 heavy (non-hydrogen) atoms. The summed E-state index contributed by atoms with van der Waals surface area (Å²) in [5, 5.41) is 0. The van der Waals surface area contributed by atoms with Gasteiger partial charge in [-0.25, -0.2) is 0 Å². The molecule has 0 N–H and O–H groups in total. The van der Waals surface area contributed by atoms with Crippen LogP contribution in [-0.2, 0) is 13.3 Å². The molecule has 4 aliphatic rings. The highest BCUT2D eigenvalue weighted by molar-refractivity contribution is 6.60. The van der Waals surface area contributed by atoms with Crippen molar-refractivity contribution in [3.63, 3.8) is 0 Å². The van der Waals surface area contributed by atoms with Crippen LogP contribution in [0.25, 0.3) is 0 Å². The summed E-state index contributed by atoms with van der Waals surface area (Å²) in [7, 11) is -2.50. The minimum atomic E-state index is -2.50. The fraction of sp³-hybridized carbons (Fsp3) is 0.923. The third-order valence-electron chi connectivity index (χ3n) is 9.82. The van der Waals surface area contributed by atoms with Crippen molar-refractivity contribution in [3.8, 4) is 0 Å². The molecule has 0 aromatic rings. The van der Waals surface area contributed by atoms with E-state index in [1.165, 1.54) is 32.1 Å². The van der Waals surface area contributed by atoms with E-state index in [0.717, 1.165) is 65.2 Å². The first-order valence-corrected chi connectivity index (χ1v) is 15.0. The molecular weight excluding hydrogens is 388 g/mol. The van der Waals surface area contributed by atoms with Crippen LogP contribution in [-0.4, -0.2) is 28.6 Å². The molecular formula is C26H46O3Si. The molecule has 4 bridgehead atoms. The van der Waals surface area contributed by atoms with E-state index >= 15 is 0 Å². The molecule has 0 aliphatic heterocycles. The van der Waals surface area contributed by atoms with Crippen LogP contribution in [0.5, 0.6) is 0 Å². The van der Waals surface area contributed by atoms with Crippen LogP contribution in [0.15, 0.2) is 12.7 Å². The summed E-state index contributed by atoms with van der Waals surface area (Å²) in [6, 6.07) is 0.997. The fourth-order valence-corrected chi connectivity index (χ4v) is 11.6. The first kappa shape index (κ1) is 23.0. The molecule has 10 atom stereocenters. The molecule has 0 spiro atoms. The van der Waals surface area contributed by atoms with Crippen LogP contribution in [0.2, 0.25) is 6.04 Å². The van der Waals surface area contributed by atoms with Crippen molar-refractivity contribution in [1.29, 1.82) is 0 Å². The second kappa shape index (κ2) is 9.37. The van der Waals surface area contributed by atoms with Gasteiger partial charge in [-0.1, -0.05) is 19.9 Å². The molecule has 4 rings (SSSR count). The maximum absolute atomic E-state index is 6.14. The highest BCUT2D eigenvalue weighted by Crippen LogP contribution is 2.66. The van der Waals surface area contributed by atoms with Crippen molar-refractivity contribution in [2.24, 2.45) is 59.2 Å². The Morgan fingerprint density at radius 3 is 1.97 bits per heavy atom. The summed E-state index contributed by atoms with van der Waals surface area (Å²) >= 11 is 0. The number of hydrogen-bond acceptors (Lipinski definition) is 3. The first-order chi connectivity index (χ1) is 14.5. The summed E-state index contributed by atoms with van der Waals surface area (Å²) in [5.74, 6) is 9.15. The molecule has 10 unspecified atom stereocenters. The van der Waals surface area contributed by atoms with Crippen LogP contribution >= 0.6 is 0 Å². The van der Waals surface area contributed by atoms with E-state index in [-0.39, 0.29) is 0 Å². The predicted molar refractivity (Wildman–Crippen MR) is 125 cm³/mol. The van der Waals surface area contributed by atoms with Gasteiger partial charge in [0.05, 0.1) is 0 Å². The topological polar surface area (TPSA) is 27.7 Å². The van der Waals surface area contributed by atoms with E-state index in [4.69, 9.17) is 13.3 Å². The Balaban J connectivity index is 1.40. The smallest absolute Gasteiger partial charge is 0.374 e. The monoisotopic (exact) mass is 434 g/mol. The molecule has 0 saturated heterocycles. The summed E-state index contributed by atoms with van der Waals surface area (Å²) in [4.78, 5) is 0. The van der Waals surface area contributed by atoms with Crippen LogP contribution in [0.1, 0.15) is 66.7 Å². The summed E-state index contributed by atoms with van der Waals surface area (Å²) < 4.78 is 18.4. The maximum atomic E-state index is 6.14. The molecule has 4 heteroatoms. The second-order valence-corrected chi connectivity index (χ2v) is 13.6. The van der Waals surface area contributed by atoms with Gasteiger partial charge in [0.15, 0.2) is 0 Å². The molecule has 0 aromatic carbocycles. The zero-order chi connectivity index (χ0) is 21.5. The highest BCUT2D eigenvalue weighted by Gasteiger charge is 2.60. The molecule has 3 nitrogen and oxygen atoms in total. The Morgan fingerprint density at radius 2 is 1.43 bits per heavy atom. The molecule has 0 aromatic heterocycles. The van der Waals surface area contributed by atoms with Gasteiger partial charge in [0.25, 0.3) is 0 Å². The van der Waals surface area contributed by atoms with E-state index < -0.39 is 8.80 Å². The molecule has 4 aliphatic carbocycles. The zero-order valence-corrected chi connectivity index (χ0v) is 21.1. The Hall–Kier alpha value is -0.163. The van der Waals surface area contributed by atoms with Crippen molar-refractivity contribution in [2.75, 3.05) is 19.8 Å². The third-order valence-corrected chi connectivity index (χ3v) is 12.9. The summed E-state index contributed by atoms with van der Waals surface area (Å²) in [6.07, 6.45) is 9.34. The Kier molecular flexibility index (Phi) is 7.19. The average Bonchev–Trinajstić information content (AvgIpc) is 3.46. The van der Waals surface area contributed by atoms with Crippen LogP contribution < -0.4 is 0 Å². The van der Waals surface area contributed by atoms with Crippen molar-refractivity contribution in [2.45, 2.75) is 72.8 Å². The fourth-order valence-electron chi connectivity index (χ4n) is 8.86. The van der Waals surface area contributed by atoms with E-state index in [0.29, 0.717) is 19.8 Å². The van der Waals surface area contributed by atoms with Gasteiger partial charge >= 0.3 is 8.80 Å². The quantitative estimate of drug-likeness (QED) is 0.277. The first-order valence-electron chi connectivity index (χ1n) is 13.0. The number of rotatable bonds is 11. The van der Waals surface area contributed by atoms with Gasteiger partial charge in [-0.05, 0) is 112 Å². The second-order valence-electron chi connectivity index (χ2n) is 10.8. The minimum Gasteiger partial charge on any atom is -0.374 e. The molecule has 0 amide bonds. The van der Waals surface area contributed by atoms with Gasteiger partial charge in [0.2, 0.25) is 0 Å². The van der Waals surface area contributed by atoms with E-state index in [9.17, 15) is 0 Å². The van der Waals surface area contributed by atoms with Crippen LogP contribution in [0.3, 0.4) is 0 Å². The Labute approximate surface area is 186 Å². The molecule has 0 radical (unpaired) electrons. The van der Waals surface area contributed by atoms with Gasteiger partial charge in [0, 0.05) is 25.9 Å². The van der Waals surface area contributed by atoms with Crippen molar-refractivity contribution < 1.29 is 13.3 Å². The molecule has 4 saturated carbocycles. The summed E-state index contributed by atoms with van der Waals surface area (Å²) in [5.41, 5.74) is 0. The van der Waals surface area contributed by atoms with Crippen LogP contribution in [0, 0.1) is 59.2 Å². The largest absolute Gasteiger partial charge is 0.500 e. The van der Waals surface area contributed by atoms with Gasteiger partial charge in [-0.2, -0.15) is 0 Å². The van der Waals surface area contributed by atoms with E-state index in [1.54, 1.807) is 0 Å². The number of allylic oxidation sites excluding steroid dienone is 1. The predicted octanol–water partition coefficient (Wildman–Crippen LogP) is 6.43. The zero-order valence-electron chi connectivity index (χ0n) is 20.1. The van der Waals surface area contributed by atoms with Gasteiger partial charge < -0.3 is 13.3 Å². The SMILES string of the molecule is C=CC1CC2CC1C(C1C3CC(CC[Si](OCC)(OCC)OCC)C(C3)C1C)C2C. The lowest BCUT2D eigenvalue weighted by molar-refractivity contribution is 0.0404. The third kappa shape index (κ3) is 3.88. The normalized spacial score (nSPS) is 44.8. The molecule has 4 fully saturated rings. The Morgan fingerprint density at radius 1 is 0.800 bits per heavy atom.